The van der Waals surface area contributed by atoms with Gasteiger partial charge < -0.3 is 15.7 Å². The second-order valence-electron chi connectivity index (χ2n) is 8.79. The van der Waals surface area contributed by atoms with E-state index in [1.54, 1.807) is 13.8 Å². The van der Waals surface area contributed by atoms with Gasteiger partial charge in [-0.2, -0.15) is 5.26 Å². The third-order valence-corrected chi connectivity index (χ3v) is 5.51. The minimum Gasteiger partial charge on any atom is -0.480 e. The molecule has 0 saturated heterocycles. The zero-order valence-corrected chi connectivity index (χ0v) is 17.1. The van der Waals surface area contributed by atoms with Gasteiger partial charge in [-0.15, -0.1) is 0 Å². The van der Waals surface area contributed by atoms with Crippen molar-refractivity contribution in [3.8, 4) is 6.07 Å². The van der Waals surface area contributed by atoms with Gasteiger partial charge >= 0.3 is 5.97 Å². The van der Waals surface area contributed by atoms with Gasteiger partial charge in [0.2, 0.25) is 0 Å². The van der Waals surface area contributed by atoms with Crippen molar-refractivity contribution in [3.05, 3.63) is 58.7 Å². The molecule has 3 N–H and O–H groups in total. The van der Waals surface area contributed by atoms with Gasteiger partial charge in [0.25, 0.3) is 0 Å². The molecule has 0 aromatic heterocycles. The smallest absolute Gasteiger partial charge is 0.328 e. The van der Waals surface area contributed by atoms with Crippen molar-refractivity contribution in [2.24, 2.45) is 0 Å². The first-order valence-corrected chi connectivity index (χ1v) is 9.47. The molecule has 146 valence electrons. The molecule has 3 rings (SSSR count). The van der Waals surface area contributed by atoms with Crippen LogP contribution < -0.4 is 10.6 Å². The number of nitriles is 1. The highest BCUT2D eigenvalue weighted by molar-refractivity contribution is 5.81. The zero-order valence-electron chi connectivity index (χ0n) is 17.1. The number of hydrogen-bond acceptors (Lipinski definition) is 4. The Bertz CT molecular complexity index is 970. The van der Waals surface area contributed by atoms with Gasteiger partial charge in [0, 0.05) is 11.4 Å². The molecule has 5 heteroatoms. The molecule has 0 aliphatic carbocycles. The standard InChI is InChI=1S/C23H27N3O2/c1-14-9-15(13-24)10-18-20(14)25-19(12-22(18,2)3)16-7-6-8-17(11-16)26-23(4,5)21(27)28/h6-11,19,25-26H,12H2,1-5H3,(H,27,28). The normalized spacial score (nSPS) is 17.8. The van der Waals surface area contributed by atoms with Gasteiger partial charge in [-0.3, -0.25) is 0 Å². The maximum atomic E-state index is 11.4. The van der Waals surface area contributed by atoms with E-state index in [0.29, 0.717) is 5.56 Å². The molecule has 0 amide bonds. The lowest BCUT2D eigenvalue weighted by atomic mass is 9.73. The molecular formula is C23H27N3O2. The summed E-state index contributed by atoms with van der Waals surface area (Å²) in [5, 5.41) is 25.4. The zero-order chi connectivity index (χ0) is 20.7. The van der Waals surface area contributed by atoms with Crippen molar-refractivity contribution >= 4 is 17.3 Å². The number of hydrogen-bond donors (Lipinski definition) is 3. The third kappa shape index (κ3) is 3.68. The summed E-state index contributed by atoms with van der Waals surface area (Å²) in [5.74, 6) is -0.896. The summed E-state index contributed by atoms with van der Waals surface area (Å²) in [6, 6.07) is 14.2. The number of benzene rings is 2. The summed E-state index contributed by atoms with van der Waals surface area (Å²) < 4.78 is 0. The van der Waals surface area contributed by atoms with Crippen molar-refractivity contribution in [1.82, 2.24) is 0 Å². The molecular weight excluding hydrogens is 350 g/mol. The predicted molar refractivity (Wildman–Crippen MR) is 112 cm³/mol. The molecule has 1 heterocycles. The maximum Gasteiger partial charge on any atom is 0.328 e. The molecule has 1 aliphatic rings. The molecule has 0 bridgehead atoms. The van der Waals surface area contributed by atoms with Crippen LogP contribution in [0.4, 0.5) is 11.4 Å². The van der Waals surface area contributed by atoms with E-state index < -0.39 is 11.5 Å². The Hall–Kier alpha value is -3.00. The largest absolute Gasteiger partial charge is 0.480 e. The lowest BCUT2D eigenvalue weighted by Crippen LogP contribution is -2.40. The number of carboxylic acid groups (broad SMARTS) is 1. The minimum absolute atomic E-state index is 0.0906. The Morgan fingerprint density at radius 1 is 1.32 bits per heavy atom. The van der Waals surface area contributed by atoms with Crippen LogP contribution >= 0.6 is 0 Å². The van der Waals surface area contributed by atoms with E-state index >= 15 is 0 Å². The number of rotatable bonds is 4. The molecule has 1 atom stereocenters. The number of carbonyl (C=O) groups is 1. The Balaban J connectivity index is 1.96. The fourth-order valence-corrected chi connectivity index (χ4v) is 3.87. The van der Waals surface area contributed by atoms with E-state index in [-0.39, 0.29) is 11.5 Å². The molecule has 2 aromatic carbocycles. The lowest BCUT2D eigenvalue weighted by Gasteiger charge is -2.40. The summed E-state index contributed by atoms with van der Waals surface area (Å²) in [6.07, 6.45) is 0.875. The number of fused-ring (bicyclic) bond motifs is 1. The molecule has 28 heavy (non-hydrogen) atoms. The molecule has 5 nitrogen and oxygen atoms in total. The van der Waals surface area contributed by atoms with E-state index in [2.05, 4.69) is 36.6 Å². The number of anilines is 2. The van der Waals surface area contributed by atoms with E-state index in [1.165, 1.54) is 5.56 Å². The average Bonchev–Trinajstić information content (AvgIpc) is 2.61. The van der Waals surface area contributed by atoms with Crippen LogP contribution in [0.15, 0.2) is 36.4 Å². The number of aliphatic carboxylic acids is 1. The van der Waals surface area contributed by atoms with Gasteiger partial charge in [0.15, 0.2) is 0 Å². The summed E-state index contributed by atoms with van der Waals surface area (Å²) in [4.78, 5) is 11.4. The minimum atomic E-state index is -1.05. The summed E-state index contributed by atoms with van der Waals surface area (Å²) >= 11 is 0. The second kappa shape index (κ2) is 6.87. The van der Waals surface area contributed by atoms with Gasteiger partial charge in [0.05, 0.1) is 17.7 Å². The second-order valence-corrected chi connectivity index (χ2v) is 8.79. The van der Waals surface area contributed by atoms with Gasteiger partial charge in [-0.25, -0.2) is 4.79 Å². The van der Waals surface area contributed by atoms with Gasteiger partial charge in [-0.05, 0) is 73.6 Å². The van der Waals surface area contributed by atoms with Crippen LogP contribution in [-0.4, -0.2) is 16.6 Å². The predicted octanol–water partition coefficient (Wildman–Crippen LogP) is 4.98. The maximum absolute atomic E-state index is 11.4. The fraction of sp³-hybridized carbons (Fsp3) is 0.391. The quantitative estimate of drug-likeness (QED) is 0.700. The van der Waals surface area contributed by atoms with Crippen LogP contribution in [0.3, 0.4) is 0 Å². The van der Waals surface area contributed by atoms with Crippen molar-refractivity contribution in [3.63, 3.8) is 0 Å². The first kappa shape index (κ1) is 19.8. The first-order valence-electron chi connectivity index (χ1n) is 9.47. The highest BCUT2D eigenvalue weighted by atomic mass is 16.4. The molecule has 2 aromatic rings. The van der Waals surface area contributed by atoms with Crippen molar-refractivity contribution in [2.45, 2.75) is 58.0 Å². The topological polar surface area (TPSA) is 85.2 Å². The lowest BCUT2D eigenvalue weighted by molar-refractivity contribution is -0.141. The third-order valence-electron chi connectivity index (χ3n) is 5.51. The van der Waals surface area contributed by atoms with Crippen LogP contribution in [0.25, 0.3) is 0 Å². The summed E-state index contributed by atoms with van der Waals surface area (Å²) in [5.41, 5.74) is 4.76. The average molecular weight is 377 g/mol. The molecule has 0 fully saturated rings. The fourth-order valence-electron chi connectivity index (χ4n) is 3.87. The van der Waals surface area contributed by atoms with Crippen LogP contribution in [0.5, 0.6) is 0 Å². The Morgan fingerprint density at radius 3 is 2.68 bits per heavy atom. The van der Waals surface area contributed by atoms with E-state index in [1.807, 2.05) is 37.3 Å². The summed E-state index contributed by atoms with van der Waals surface area (Å²) in [6.45, 7) is 9.73. The SMILES string of the molecule is Cc1cc(C#N)cc2c1NC(c1cccc(NC(C)(C)C(=O)O)c1)CC2(C)C. The Kier molecular flexibility index (Phi) is 4.84. The van der Waals surface area contributed by atoms with Crippen LogP contribution in [0, 0.1) is 18.3 Å². The highest BCUT2D eigenvalue weighted by Gasteiger charge is 2.35. The number of aryl methyl sites for hydroxylation is 1. The van der Waals surface area contributed by atoms with Crippen molar-refractivity contribution in [1.29, 1.82) is 5.26 Å². The van der Waals surface area contributed by atoms with E-state index in [9.17, 15) is 15.2 Å². The Morgan fingerprint density at radius 2 is 2.04 bits per heavy atom. The summed E-state index contributed by atoms with van der Waals surface area (Å²) in [7, 11) is 0. The number of nitrogens with one attached hydrogen (secondary N) is 2. The number of nitrogens with zero attached hydrogens (tertiary/aromatic N) is 1. The van der Waals surface area contributed by atoms with Gasteiger partial charge in [0.1, 0.15) is 5.54 Å². The molecule has 0 radical (unpaired) electrons. The molecule has 0 spiro atoms. The van der Waals surface area contributed by atoms with Crippen LogP contribution in [-0.2, 0) is 10.2 Å². The molecule has 0 saturated carbocycles. The van der Waals surface area contributed by atoms with E-state index in [4.69, 9.17) is 0 Å². The van der Waals surface area contributed by atoms with Crippen LogP contribution in [0.1, 0.15) is 62.4 Å². The molecule has 1 aliphatic heterocycles. The highest BCUT2D eigenvalue weighted by Crippen LogP contribution is 2.46. The van der Waals surface area contributed by atoms with E-state index in [0.717, 1.165) is 28.9 Å². The van der Waals surface area contributed by atoms with Crippen molar-refractivity contribution in [2.75, 3.05) is 10.6 Å². The first-order chi connectivity index (χ1) is 13.0. The molecule has 1 unspecified atom stereocenters. The number of carboxylic acids is 1. The van der Waals surface area contributed by atoms with Crippen molar-refractivity contribution < 1.29 is 9.90 Å². The Labute approximate surface area is 166 Å². The van der Waals surface area contributed by atoms with Gasteiger partial charge in [-0.1, -0.05) is 26.0 Å². The van der Waals surface area contributed by atoms with Crippen LogP contribution in [0.2, 0.25) is 0 Å². The monoisotopic (exact) mass is 377 g/mol.